The number of nitrogens with zero attached hydrogens (tertiary/aromatic N) is 2. The highest BCUT2D eigenvalue weighted by Gasteiger charge is 2.21. The second-order valence-electron chi connectivity index (χ2n) is 5.29. The van der Waals surface area contributed by atoms with Crippen LogP contribution in [0.25, 0.3) is 0 Å². The molecule has 2 rings (SSSR count). The minimum atomic E-state index is -0.910. The number of rotatable bonds is 5. The number of carbonyl (C=O) groups excluding carboxylic acids is 1. The Bertz CT molecular complexity index is 488. The first kappa shape index (κ1) is 15.9. The monoisotopic (exact) mass is 297 g/mol. The Morgan fingerprint density at radius 2 is 1.86 bits per heavy atom. The third-order valence-corrected chi connectivity index (χ3v) is 3.74. The zero-order chi connectivity index (χ0) is 15.2. The van der Waals surface area contributed by atoms with Crippen molar-refractivity contribution in [3.8, 4) is 0 Å². The molecule has 1 heterocycles. The average molecular weight is 297 g/mol. The van der Waals surface area contributed by atoms with Crippen molar-refractivity contribution in [3.63, 3.8) is 0 Å². The summed E-state index contributed by atoms with van der Waals surface area (Å²) in [6, 6.07) is 3.60. The lowest BCUT2D eigenvalue weighted by Crippen LogP contribution is -2.49. The number of halogens is 2. The SMILES string of the molecule is NCCCN1CCN(C(=O)Cc2ccc(F)c(F)c2)CC1. The Hall–Kier alpha value is -1.53. The van der Waals surface area contributed by atoms with Crippen LogP contribution in [-0.4, -0.2) is 55.0 Å². The van der Waals surface area contributed by atoms with Crippen LogP contribution in [0.4, 0.5) is 8.78 Å². The lowest BCUT2D eigenvalue weighted by atomic mass is 10.1. The van der Waals surface area contributed by atoms with E-state index >= 15 is 0 Å². The van der Waals surface area contributed by atoms with Gasteiger partial charge in [0.1, 0.15) is 0 Å². The highest BCUT2D eigenvalue weighted by atomic mass is 19.2. The fraction of sp³-hybridized carbons (Fsp3) is 0.533. The molecule has 0 spiro atoms. The Balaban J connectivity index is 1.83. The van der Waals surface area contributed by atoms with Gasteiger partial charge in [-0.25, -0.2) is 8.78 Å². The fourth-order valence-corrected chi connectivity index (χ4v) is 2.47. The molecule has 0 unspecified atom stereocenters. The first-order valence-electron chi connectivity index (χ1n) is 7.24. The summed E-state index contributed by atoms with van der Waals surface area (Å²) in [6.07, 6.45) is 1.07. The van der Waals surface area contributed by atoms with Gasteiger partial charge in [-0.15, -0.1) is 0 Å². The second-order valence-corrected chi connectivity index (χ2v) is 5.29. The number of carbonyl (C=O) groups is 1. The Morgan fingerprint density at radius 3 is 2.48 bits per heavy atom. The molecule has 1 aliphatic rings. The van der Waals surface area contributed by atoms with E-state index in [2.05, 4.69) is 4.90 Å². The average Bonchev–Trinajstić information content (AvgIpc) is 2.49. The number of piperazine rings is 1. The molecule has 1 saturated heterocycles. The maximum Gasteiger partial charge on any atom is 0.227 e. The maximum absolute atomic E-state index is 13.1. The number of benzene rings is 1. The smallest absolute Gasteiger partial charge is 0.227 e. The molecule has 1 aromatic carbocycles. The Kier molecular flexibility index (Phi) is 5.64. The topological polar surface area (TPSA) is 49.6 Å². The molecule has 0 bridgehead atoms. The van der Waals surface area contributed by atoms with Crippen LogP contribution in [0.15, 0.2) is 18.2 Å². The van der Waals surface area contributed by atoms with Crippen molar-refractivity contribution in [1.82, 2.24) is 9.80 Å². The summed E-state index contributed by atoms with van der Waals surface area (Å²) in [5.41, 5.74) is 5.99. The predicted octanol–water partition coefficient (Wildman–Crippen LogP) is 1.00. The van der Waals surface area contributed by atoms with Crippen LogP contribution in [0.5, 0.6) is 0 Å². The Labute approximate surface area is 123 Å². The number of amides is 1. The largest absolute Gasteiger partial charge is 0.340 e. The van der Waals surface area contributed by atoms with E-state index in [9.17, 15) is 13.6 Å². The van der Waals surface area contributed by atoms with E-state index in [1.54, 1.807) is 4.90 Å². The van der Waals surface area contributed by atoms with Crippen molar-refractivity contribution in [1.29, 1.82) is 0 Å². The van der Waals surface area contributed by atoms with E-state index in [1.807, 2.05) is 0 Å². The zero-order valence-electron chi connectivity index (χ0n) is 12.0. The summed E-state index contributed by atoms with van der Waals surface area (Å²) in [5.74, 6) is -1.84. The van der Waals surface area contributed by atoms with Gasteiger partial charge in [-0.2, -0.15) is 0 Å². The normalized spacial score (nSPS) is 16.2. The predicted molar refractivity (Wildman–Crippen MR) is 76.8 cm³/mol. The van der Waals surface area contributed by atoms with Crippen LogP contribution in [0.2, 0.25) is 0 Å². The zero-order valence-corrected chi connectivity index (χ0v) is 12.0. The lowest BCUT2D eigenvalue weighted by Gasteiger charge is -2.34. The minimum absolute atomic E-state index is 0.0421. The first-order valence-corrected chi connectivity index (χ1v) is 7.24. The fourth-order valence-electron chi connectivity index (χ4n) is 2.47. The van der Waals surface area contributed by atoms with Crippen LogP contribution in [0, 0.1) is 11.6 Å². The summed E-state index contributed by atoms with van der Waals surface area (Å²) in [6.45, 7) is 4.66. The van der Waals surface area contributed by atoms with Gasteiger partial charge in [-0.1, -0.05) is 6.07 Å². The summed E-state index contributed by atoms with van der Waals surface area (Å²) in [5, 5.41) is 0. The van der Waals surface area contributed by atoms with E-state index in [0.717, 1.165) is 38.2 Å². The second kappa shape index (κ2) is 7.47. The summed E-state index contributed by atoms with van der Waals surface area (Å²) >= 11 is 0. The molecule has 0 aliphatic carbocycles. The molecule has 0 aromatic heterocycles. The van der Waals surface area contributed by atoms with Crippen LogP contribution in [0.1, 0.15) is 12.0 Å². The molecular weight excluding hydrogens is 276 g/mol. The molecule has 1 fully saturated rings. The molecule has 2 N–H and O–H groups in total. The number of hydrogen-bond donors (Lipinski definition) is 1. The third kappa shape index (κ3) is 4.47. The molecule has 4 nitrogen and oxygen atoms in total. The van der Waals surface area contributed by atoms with E-state index in [4.69, 9.17) is 5.73 Å². The van der Waals surface area contributed by atoms with Gasteiger partial charge in [0.2, 0.25) is 5.91 Å². The molecule has 1 aromatic rings. The molecule has 0 radical (unpaired) electrons. The van der Waals surface area contributed by atoms with Gasteiger partial charge in [0, 0.05) is 26.2 Å². The van der Waals surface area contributed by atoms with Gasteiger partial charge in [-0.3, -0.25) is 9.69 Å². The van der Waals surface area contributed by atoms with Crippen LogP contribution in [-0.2, 0) is 11.2 Å². The molecule has 1 amide bonds. The van der Waals surface area contributed by atoms with Gasteiger partial charge < -0.3 is 10.6 Å². The van der Waals surface area contributed by atoms with E-state index < -0.39 is 11.6 Å². The highest BCUT2D eigenvalue weighted by Crippen LogP contribution is 2.11. The van der Waals surface area contributed by atoms with E-state index in [1.165, 1.54) is 6.07 Å². The molecule has 116 valence electrons. The molecule has 1 aliphatic heterocycles. The molecule has 6 heteroatoms. The standard InChI is InChI=1S/C15H21F2N3O/c16-13-3-2-12(10-14(13)17)11-15(21)20-8-6-19(7-9-20)5-1-4-18/h2-3,10H,1,4-9,11,18H2. The summed E-state index contributed by atoms with van der Waals surface area (Å²) < 4.78 is 26.0. The maximum atomic E-state index is 13.1. The van der Waals surface area contributed by atoms with Gasteiger partial charge in [-0.05, 0) is 37.2 Å². The molecule has 0 saturated carbocycles. The van der Waals surface area contributed by atoms with Crippen molar-refractivity contribution in [2.75, 3.05) is 39.3 Å². The van der Waals surface area contributed by atoms with Crippen LogP contribution in [0.3, 0.4) is 0 Å². The van der Waals surface area contributed by atoms with E-state index in [-0.39, 0.29) is 12.3 Å². The van der Waals surface area contributed by atoms with Crippen molar-refractivity contribution in [2.24, 2.45) is 5.73 Å². The molecule has 21 heavy (non-hydrogen) atoms. The van der Waals surface area contributed by atoms with Crippen LogP contribution >= 0.6 is 0 Å². The highest BCUT2D eigenvalue weighted by molar-refractivity contribution is 5.78. The van der Waals surface area contributed by atoms with Gasteiger partial charge in [0.25, 0.3) is 0 Å². The van der Waals surface area contributed by atoms with Gasteiger partial charge >= 0.3 is 0 Å². The van der Waals surface area contributed by atoms with Gasteiger partial charge in [0.15, 0.2) is 11.6 Å². The first-order chi connectivity index (χ1) is 10.1. The van der Waals surface area contributed by atoms with Crippen molar-refractivity contribution in [3.05, 3.63) is 35.4 Å². The summed E-state index contributed by atoms with van der Waals surface area (Å²) in [4.78, 5) is 16.2. The van der Waals surface area contributed by atoms with Gasteiger partial charge in [0.05, 0.1) is 6.42 Å². The third-order valence-electron chi connectivity index (χ3n) is 3.74. The number of hydrogen-bond acceptors (Lipinski definition) is 3. The minimum Gasteiger partial charge on any atom is -0.340 e. The molecule has 0 atom stereocenters. The van der Waals surface area contributed by atoms with E-state index in [0.29, 0.717) is 25.2 Å². The quantitative estimate of drug-likeness (QED) is 0.882. The van der Waals surface area contributed by atoms with Crippen molar-refractivity contribution in [2.45, 2.75) is 12.8 Å². The lowest BCUT2D eigenvalue weighted by molar-refractivity contribution is -0.132. The molecular formula is C15H21F2N3O. The van der Waals surface area contributed by atoms with Crippen LogP contribution < -0.4 is 5.73 Å². The van der Waals surface area contributed by atoms with Crippen molar-refractivity contribution >= 4 is 5.91 Å². The van der Waals surface area contributed by atoms with Crippen molar-refractivity contribution < 1.29 is 13.6 Å². The Morgan fingerprint density at radius 1 is 1.14 bits per heavy atom. The summed E-state index contributed by atoms with van der Waals surface area (Å²) in [7, 11) is 0. The number of nitrogens with two attached hydrogens (primary N) is 1.